The second kappa shape index (κ2) is 14.1. The van der Waals surface area contributed by atoms with E-state index in [1.807, 2.05) is 0 Å². The van der Waals surface area contributed by atoms with Gasteiger partial charge in [0.15, 0.2) is 0 Å². The van der Waals surface area contributed by atoms with Crippen molar-refractivity contribution in [2.45, 2.75) is 24.9 Å². The molecule has 0 spiro atoms. The Hall–Kier alpha value is -4.45. The zero-order valence-electron chi connectivity index (χ0n) is 19.4. The summed E-state index contributed by atoms with van der Waals surface area (Å²) in [4.78, 5) is 59.6. The van der Waals surface area contributed by atoms with E-state index in [-0.39, 0.29) is 18.6 Å². The van der Waals surface area contributed by atoms with E-state index in [0.29, 0.717) is 0 Å². The van der Waals surface area contributed by atoms with Crippen LogP contribution in [0.1, 0.15) is 11.1 Å². The number of benzene rings is 2. The number of hydrogen-bond donors (Lipinski definition) is 7. The van der Waals surface area contributed by atoms with Crippen molar-refractivity contribution in [3.8, 4) is 5.75 Å². The third kappa shape index (κ3) is 10.2. The zero-order chi connectivity index (χ0) is 26.5. The highest BCUT2D eigenvalue weighted by atomic mass is 16.4. The average Bonchev–Trinajstić information content (AvgIpc) is 2.86. The molecule has 12 heteroatoms. The van der Waals surface area contributed by atoms with E-state index >= 15 is 0 Å². The first-order chi connectivity index (χ1) is 17.1. The zero-order valence-corrected chi connectivity index (χ0v) is 19.4. The van der Waals surface area contributed by atoms with Gasteiger partial charge >= 0.3 is 5.97 Å². The normalized spacial score (nSPS) is 12.0. The second-order valence-corrected chi connectivity index (χ2v) is 7.89. The fourth-order valence-electron chi connectivity index (χ4n) is 3.11. The fourth-order valence-corrected chi connectivity index (χ4v) is 3.11. The minimum absolute atomic E-state index is 0.0865. The van der Waals surface area contributed by atoms with Gasteiger partial charge in [-0.2, -0.15) is 0 Å². The molecule has 0 saturated carbocycles. The Balaban J connectivity index is 1.90. The van der Waals surface area contributed by atoms with Crippen molar-refractivity contribution in [1.82, 2.24) is 21.3 Å². The summed E-state index contributed by atoms with van der Waals surface area (Å²) >= 11 is 0. The lowest BCUT2D eigenvalue weighted by molar-refractivity contribution is -0.138. The van der Waals surface area contributed by atoms with Crippen LogP contribution in [0.25, 0.3) is 0 Å². The van der Waals surface area contributed by atoms with Crippen LogP contribution >= 0.6 is 0 Å². The van der Waals surface area contributed by atoms with E-state index in [0.717, 1.165) is 11.1 Å². The summed E-state index contributed by atoms with van der Waals surface area (Å²) in [5.74, 6) is -3.72. The number of phenolic OH excluding ortho intramolecular Hbond substituents is 1. The highest BCUT2D eigenvalue weighted by molar-refractivity contribution is 5.93. The van der Waals surface area contributed by atoms with Gasteiger partial charge in [0.05, 0.1) is 19.1 Å². The molecule has 0 aliphatic carbocycles. The van der Waals surface area contributed by atoms with Gasteiger partial charge in [-0.15, -0.1) is 0 Å². The van der Waals surface area contributed by atoms with Crippen LogP contribution in [-0.2, 0) is 36.8 Å². The Bertz CT molecular complexity index is 1060. The van der Waals surface area contributed by atoms with Gasteiger partial charge in [-0.25, -0.2) is 0 Å². The van der Waals surface area contributed by atoms with Gasteiger partial charge in [-0.05, 0) is 29.7 Å². The largest absolute Gasteiger partial charge is 0.508 e. The predicted octanol–water partition coefficient (Wildman–Crippen LogP) is -1.58. The third-order valence-electron chi connectivity index (χ3n) is 4.95. The molecule has 0 aliphatic heterocycles. The number of nitrogens with two attached hydrogens (primary N) is 1. The van der Waals surface area contributed by atoms with E-state index in [9.17, 15) is 29.1 Å². The maximum atomic E-state index is 12.7. The van der Waals surface area contributed by atoms with Crippen LogP contribution < -0.4 is 27.0 Å². The molecule has 192 valence electrons. The molecule has 0 saturated heterocycles. The Morgan fingerprint density at radius 1 is 0.722 bits per heavy atom. The molecule has 0 radical (unpaired) electrons. The van der Waals surface area contributed by atoms with Crippen molar-refractivity contribution >= 4 is 29.6 Å². The number of carbonyl (C=O) groups excluding carboxylic acids is 4. The van der Waals surface area contributed by atoms with Gasteiger partial charge in [-0.3, -0.25) is 24.0 Å². The molecule has 0 heterocycles. The minimum atomic E-state index is -1.23. The van der Waals surface area contributed by atoms with Crippen LogP contribution in [0.5, 0.6) is 5.75 Å². The quantitative estimate of drug-likeness (QED) is 0.171. The van der Waals surface area contributed by atoms with Gasteiger partial charge in [0, 0.05) is 6.42 Å². The molecular formula is C24H29N5O7. The lowest BCUT2D eigenvalue weighted by atomic mass is 10.0. The number of amides is 4. The maximum absolute atomic E-state index is 12.7. The number of carboxylic acid groups (broad SMARTS) is 1. The van der Waals surface area contributed by atoms with Gasteiger partial charge in [-0.1, -0.05) is 42.5 Å². The highest BCUT2D eigenvalue weighted by Crippen LogP contribution is 2.11. The molecule has 0 bridgehead atoms. The Morgan fingerprint density at radius 2 is 1.31 bits per heavy atom. The van der Waals surface area contributed by atoms with Crippen LogP contribution in [-0.4, -0.2) is 71.5 Å². The van der Waals surface area contributed by atoms with Gasteiger partial charge in [0.25, 0.3) is 0 Å². The van der Waals surface area contributed by atoms with E-state index < -0.39 is 61.3 Å². The summed E-state index contributed by atoms with van der Waals surface area (Å²) in [5.41, 5.74) is 7.36. The lowest BCUT2D eigenvalue weighted by Gasteiger charge is -2.19. The third-order valence-corrected chi connectivity index (χ3v) is 4.95. The molecule has 4 amide bonds. The van der Waals surface area contributed by atoms with Crippen LogP contribution in [0.2, 0.25) is 0 Å². The second-order valence-electron chi connectivity index (χ2n) is 7.89. The molecule has 0 unspecified atom stereocenters. The number of carbonyl (C=O) groups is 5. The number of phenols is 1. The molecule has 2 atom stereocenters. The topological polar surface area (TPSA) is 200 Å². The lowest BCUT2D eigenvalue weighted by Crippen LogP contribution is -2.53. The smallest absolute Gasteiger partial charge is 0.322 e. The van der Waals surface area contributed by atoms with Crippen molar-refractivity contribution in [2.24, 2.45) is 5.73 Å². The van der Waals surface area contributed by atoms with Gasteiger partial charge < -0.3 is 37.2 Å². The van der Waals surface area contributed by atoms with Crippen LogP contribution in [0.4, 0.5) is 0 Å². The molecule has 0 fully saturated rings. The summed E-state index contributed by atoms with van der Waals surface area (Å²) in [6, 6.07) is 13.1. The molecule has 8 N–H and O–H groups in total. The highest BCUT2D eigenvalue weighted by Gasteiger charge is 2.23. The predicted molar refractivity (Wildman–Crippen MR) is 129 cm³/mol. The molecule has 0 aromatic heterocycles. The fraction of sp³-hybridized carbons (Fsp3) is 0.292. The first kappa shape index (κ1) is 27.8. The standard InChI is InChI=1S/C24H29N5O7/c25-18(10-16-6-8-17(30)9-7-16)23(35)27-13-21(32)29-19(11-15-4-2-1-3-5-15)24(36)28-12-20(31)26-14-22(33)34/h1-9,18-19,30H,10-14,25H2,(H,26,31)(H,27,35)(H,28,36)(H,29,32)(H,33,34)/t18-,19+/m1/s1. The Morgan fingerprint density at radius 3 is 1.94 bits per heavy atom. The van der Waals surface area contributed by atoms with Crippen LogP contribution in [0.15, 0.2) is 54.6 Å². The molecule has 2 aromatic rings. The van der Waals surface area contributed by atoms with Crippen molar-refractivity contribution in [3.63, 3.8) is 0 Å². The number of hydrogen-bond acceptors (Lipinski definition) is 7. The van der Waals surface area contributed by atoms with E-state index in [1.165, 1.54) is 12.1 Å². The summed E-state index contributed by atoms with van der Waals surface area (Å²) < 4.78 is 0. The molecule has 2 aromatic carbocycles. The van der Waals surface area contributed by atoms with Gasteiger partial charge in [0.2, 0.25) is 23.6 Å². The monoisotopic (exact) mass is 499 g/mol. The summed E-state index contributed by atoms with van der Waals surface area (Å²) in [6.45, 7) is -1.50. The maximum Gasteiger partial charge on any atom is 0.322 e. The van der Waals surface area contributed by atoms with E-state index in [4.69, 9.17) is 10.8 Å². The first-order valence-corrected chi connectivity index (χ1v) is 11.0. The number of rotatable bonds is 13. The summed E-state index contributed by atoms with van der Waals surface area (Å²) in [5, 5.41) is 27.4. The summed E-state index contributed by atoms with van der Waals surface area (Å²) in [6.07, 6.45) is 0.306. The molecule has 36 heavy (non-hydrogen) atoms. The van der Waals surface area contributed by atoms with E-state index in [2.05, 4.69) is 21.3 Å². The molecule has 0 aliphatic rings. The number of aromatic hydroxyl groups is 1. The number of carboxylic acids is 1. The van der Waals surface area contributed by atoms with E-state index in [1.54, 1.807) is 42.5 Å². The van der Waals surface area contributed by atoms with Crippen molar-refractivity contribution < 1.29 is 34.2 Å². The van der Waals surface area contributed by atoms with Crippen LogP contribution in [0, 0.1) is 0 Å². The molecule has 12 nitrogen and oxygen atoms in total. The van der Waals surface area contributed by atoms with Crippen molar-refractivity contribution in [3.05, 3.63) is 65.7 Å². The average molecular weight is 500 g/mol. The van der Waals surface area contributed by atoms with Crippen molar-refractivity contribution in [1.29, 1.82) is 0 Å². The molecular weight excluding hydrogens is 470 g/mol. The SMILES string of the molecule is N[C@H](Cc1ccc(O)cc1)C(=O)NCC(=O)N[C@@H](Cc1ccccc1)C(=O)NCC(=O)NCC(=O)O. The Labute approximate surface area is 207 Å². The first-order valence-electron chi connectivity index (χ1n) is 11.0. The Kier molecular flexibility index (Phi) is 10.9. The molecule has 2 rings (SSSR count). The summed E-state index contributed by atoms with van der Waals surface area (Å²) in [7, 11) is 0. The number of aliphatic carboxylic acids is 1. The minimum Gasteiger partial charge on any atom is -0.508 e. The van der Waals surface area contributed by atoms with Crippen molar-refractivity contribution in [2.75, 3.05) is 19.6 Å². The van der Waals surface area contributed by atoms with Gasteiger partial charge in [0.1, 0.15) is 18.3 Å². The van der Waals surface area contributed by atoms with Crippen LogP contribution in [0.3, 0.4) is 0 Å². The number of nitrogens with one attached hydrogen (secondary N) is 4.